The van der Waals surface area contributed by atoms with Gasteiger partial charge in [0.05, 0.1) is 0 Å². The number of benzene rings is 1. The zero-order valence-electron chi connectivity index (χ0n) is 18.5. The average Bonchev–Trinajstić information content (AvgIpc) is 3.50. The summed E-state index contributed by atoms with van der Waals surface area (Å²) < 4.78 is 1.60. The molecule has 1 aliphatic heterocycles. The van der Waals surface area contributed by atoms with Gasteiger partial charge in [0, 0.05) is 31.7 Å². The van der Waals surface area contributed by atoms with Crippen molar-refractivity contribution >= 4 is 11.8 Å². The van der Waals surface area contributed by atoms with Crippen LogP contribution in [0.15, 0.2) is 41.3 Å². The Hall–Kier alpha value is -2.89. The predicted molar refractivity (Wildman–Crippen MR) is 122 cm³/mol. The van der Waals surface area contributed by atoms with E-state index in [9.17, 15) is 14.4 Å². The van der Waals surface area contributed by atoms with Gasteiger partial charge in [-0.1, -0.05) is 49.6 Å². The molecule has 3 aliphatic rings. The maximum absolute atomic E-state index is 13.3. The van der Waals surface area contributed by atoms with Crippen LogP contribution in [0.4, 0.5) is 0 Å². The first kappa shape index (κ1) is 21.0. The second-order valence-corrected chi connectivity index (χ2v) is 9.80. The number of rotatable bonds is 5. The van der Waals surface area contributed by atoms with E-state index in [2.05, 4.69) is 0 Å². The van der Waals surface area contributed by atoms with Gasteiger partial charge in [0.15, 0.2) is 0 Å². The number of carbonyl (C=O) groups excluding carboxylic acids is 2. The zero-order valence-corrected chi connectivity index (χ0v) is 18.5. The monoisotopic (exact) mass is 433 g/mol. The molecule has 1 spiro atoms. The van der Waals surface area contributed by atoms with Crippen LogP contribution in [0.5, 0.6) is 0 Å². The Kier molecular flexibility index (Phi) is 5.39. The standard InChI is InChI=1S/C26H31N3O3/c27-23(30)22-20-10-14-28(24(31)21-15-26(21)11-5-2-6-12-26)16-19(20)17-29(25(22)32)13-9-18-7-3-1-4-8-18/h1,3-4,7-8,17,21H,2,5-6,9-16H2,(H2,27,30). The third-order valence-corrected chi connectivity index (χ3v) is 7.85. The van der Waals surface area contributed by atoms with Crippen LogP contribution in [0.2, 0.25) is 0 Å². The first-order valence-electron chi connectivity index (χ1n) is 11.9. The fourth-order valence-electron chi connectivity index (χ4n) is 5.94. The molecule has 2 amide bonds. The molecule has 0 saturated heterocycles. The van der Waals surface area contributed by atoms with E-state index in [1.807, 2.05) is 41.4 Å². The van der Waals surface area contributed by atoms with Gasteiger partial charge in [-0.05, 0) is 54.2 Å². The molecule has 2 saturated carbocycles. The fourth-order valence-corrected chi connectivity index (χ4v) is 5.94. The minimum Gasteiger partial charge on any atom is -0.365 e. The second-order valence-electron chi connectivity index (χ2n) is 9.80. The smallest absolute Gasteiger partial charge is 0.263 e. The van der Waals surface area contributed by atoms with Crippen molar-refractivity contribution in [2.75, 3.05) is 6.54 Å². The lowest BCUT2D eigenvalue weighted by Crippen LogP contribution is -2.41. The number of fused-ring (bicyclic) bond motifs is 1. The number of nitrogens with zero attached hydrogens (tertiary/aromatic N) is 2. The van der Waals surface area contributed by atoms with Gasteiger partial charge in [-0.2, -0.15) is 0 Å². The minimum absolute atomic E-state index is 0.0952. The second kappa shape index (κ2) is 8.23. The molecule has 0 bridgehead atoms. The Morgan fingerprint density at radius 2 is 1.84 bits per heavy atom. The fraction of sp³-hybridized carbons (Fsp3) is 0.500. The molecule has 2 N–H and O–H groups in total. The summed E-state index contributed by atoms with van der Waals surface area (Å²) in [5.74, 6) is -0.271. The third kappa shape index (κ3) is 3.76. The van der Waals surface area contributed by atoms with Crippen molar-refractivity contribution in [3.63, 3.8) is 0 Å². The zero-order chi connectivity index (χ0) is 22.3. The molecule has 168 valence electrons. The van der Waals surface area contributed by atoms with Crippen LogP contribution in [-0.4, -0.2) is 27.8 Å². The summed E-state index contributed by atoms with van der Waals surface area (Å²) in [5, 5.41) is 0. The number of aryl methyl sites for hydroxylation is 2. The number of amides is 2. The topological polar surface area (TPSA) is 85.4 Å². The largest absolute Gasteiger partial charge is 0.365 e. The number of pyridine rings is 1. The van der Waals surface area contributed by atoms with Gasteiger partial charge in [-0.3, -0.25) is 14.4 Å². The highest BCUT2D eigenvalue weighted by molar-refractivity contribution is 5.94. The lowest BCUT2D eigenvalue weighted by Gasteiger charge is -2.32. The van der Waals surface area contributed by atoms with Gasteiger partial charge >= 0.3 is 0 Å². The molecule has 32 heavy (non-hydrogen) atoms. The third-order valence-electron chi connectivity index (χ3n) is 7.85. The Balaban J connectivity index is 1.38. The molecule has 0 radical (unpaired) electrons. The van der Waals surface area contributed by atoms with E-state index in [0.29, 0.717) is 32.5 Å². The number of hydrogen-bond acceptors (Lipinski definition) is 3. The maximum Gasteiger partial charge on any atom is 0.263 e. The molecular formula is C26H31N3O3. The molecule has 6 nitrogen and oxygen atoms in total. The van der Waals surface area contributed by atoms with Crippen molar-refractivity contribution in [2.24, 2.45) is 17.1 Å². The molecule has 1 aromatic heterocycles. The number of aromatic nitrogens is 1. The van der Waals surface area contributed by atoms with Crippen molar-refractivity contribution in [1.82, 2.24) is 9.47 Å². The molecule has 2 aliphatic carbocycles. The van der Waals surface area contributed by atoms with Crippen LogP contribution < -0.4 is 11.3 Å². The first-order valence-corrected chi connectivity index (χ1v) is 11.9. The normalized spacial score (nSPS) is 21.2. The van der Waals surface area contributed by atoms with Crippen molar-refractivity contribution in [3.8, 4) is 0 Å². The predicted octanol–water partition coefficient (Wildman–Crippen LogP) is 3.05. The van der Waals surface area contributed by atoms with E-state index in [-0.39, 0.29) is 28.4 Å². The lowest BCUT2D eigenvalue weighted by molar-refractivity contribution is -0.134. The van der Waals surface area contributed by atoms with Gasteiger partial charge in [-0.25, -0.2) is 0 Å². The van der Waals surface area contributed by atoms with E-state index in [0.717, 1.165) is 23.1 Å². The Bertz CT molecular complexity index is 1100. The highest BCUT2D eigenvalue weighted by Crippen LogP contribution is 2.62. The molecular weight excluding hydrogens is 402 g/mol. The summed E-state index contributed by atoms with van der Waals surface area (Å²) in [6.07, 6.45) is 10.2. The van der Waals surface area contributed by atoms with Crippen molar-refractivity contribution in [1.29, 1.82) is 0 Å². The molecule has 5 rings (SSSR count). The number of hydrogen-bond donors (Lipinski definition) is 1. The molecule has 2 heterocycles. The van der Waals surface area contributed by atoms with E-state index < -0.39 is 5.91 Å². The lowest BCUT2D eigenvalue weighted by atomic mass is 9.84. The average molecular weight is 434 g/mol. The van der Waals surface area contributed by atoms with Gasteiger partial charge in [0.25, 0.3) is 11.5 Å². The van der Waals surface area contributed by atoms with Gasteiger partial charge in [0.2, 0.25) is 5.91 Å². The molecule has 1 atom stereocenters. The van der Waals surface area contributed by atoms with Crippen LogP contribution in [0.3, 0.4) is 0 Å². The SMILES string of the molecule is NC(=O)c1c2c(cn(CCc3ccccc3)c1=O)CN(C(=O)C1CC13CCCCC3)CC2. The van der Waals surface area contributed by atoms with E-state index in [4.69, 9.17) is 5.73 Å². The van der Waals surface area contributed by atoms with E-state index >= 15 is 0 Å². The van der Waals surface area contributed by atoms with E-state index in [1.54, 1.807) is 4.57 Å². The van der Waals surface area contributed by atoms with Gasteiger partial charge in [0.1, 0.15) is 5.56 Å². The molecule has 2 fully saturated rings. The number of primary amides is 1. The van der Waals surface area contributed by atoms with Crippen LogP contribution in [0.25, 0.3) is 0 Å². The summed E-state index contributed by atoms with van der Waals surface area (Å²) in [5.41, 5.74) is 8.38. The van der Waals surface area contributed by atoms with Crippen LogP contribution >= 0.6 is 0 Å². The Labute approximate surface area is 188 Å². The highest BCUT2D eigenvalue weighted by Gasteiger charge is 2.58. The minimum atomic E-state index is -0.677. The number of carbonyl (C=O) groups is 2. The number of nitrogens with two attached hydrogens (primary N) is 1. The summed E-state index contributed by atoms with van der Waals surface area (Å²) >= 11 is 0. The summed E-state index contributed by atoms with van der Waals surface area (Å²) in [6.45, 7) is 1.47. The Morgan fingerprint density at radius 1 is 1.09 bits per heavy atom. The Morgan fingerprint density at radius 3 is 2.56 bits per heavy atom. The van der Waals surface area contributed by atoms with Crippen molar-refractivity contribution < 1.29 is 9.59 Å². The quantitative estimate of drug-likeness (QED) is 0.786. The van der Waals surface area contributed by atoms with Crippen molar-refractivity contribution in [2.45, 2.75) is 64.5 Å². The van der Waals surface area contributed by atoms with Crippen molar-refractivity contribution in [3.05, 3.63) is 69.1 Å². The first-order chi connectivity index (χ1) is 15.5. The van der Waals surface area contributed by atoms with Crippen LogP contribution in [0.1, 0.15) is 65.6 Å². The molecule has 2 aromatic rings. The van der Waals surface area contributed by atoms with Gasteiger partial charge < -0.3 is 15.2 Å². The van der Waals surface area contributed by atoms with Crippen LogP contribution in [0, 0.1) is 11.3 Å². The summed E-state index contributed by atoms with van der Waals surface area (Å²) in [7, 11) is 0. The van der Waals surface area contributed by atoms with Gasteiger partial charge in [-0.15, -0.1) is 0 Å². The maximum atomic E-state index is 13.3. The van der Waals surface area contributed by atoms with Crippen LogP contribution in [-0.2, 0) is 30.7 Å². The summed E-state index contributed by atoms with van der Waals surface area (Å²) in [6, 6.07) is 9.95. The molecule has 1 aromatic carbocycles. The highest BCUT2D eigenvalue weighted by atomic mass is 16.2. The summed E-state index contributed by atoms with van der Waals surface area (Å²) in [4.78, 5) is 40.4. The molecule has 6 heteroatoms. The molecule has 1 unspecified atom stereocenters. The van der Waals surface area contributed by atoms with E-state index in [1.165, 1.54) is 32.1 Å².